The van der Waals surface area contributed by atoms with Gasteiger partial charge in [-0.2, -0.15) is 0 Å². The first-order chi connectivity index (χ1) is 7.59. The molecular formula is C9H11ClN4O2. The molecule has 0 amide bonds. The maximum Gasteiger partial charge on any atom is 0.289 e. The molecule has 0 aromatic carbocycles. The van der Waals surface area contributed by atoms with Crippen molar-refractivity contribution in [2.75, 3.05) is 25.0 Å². The molecule has 6 nitrogen and oxygen atoms in total. The fourth-order valence-corrected chi connectivity index (χ4v) is 1.79. The third-order valence-corrected chi connectivity index (χ3v) is 2.94. The molecule has 7 heteroatoms. The van der Waals surface area contributed by atoms with E-state index in [4.69, 9.17) is 11.6 Å². The highest BCUT2D eigenvalue weighted by molar-refractivity contribution is 6.33. The second-order valence-electron chi connectivity index (χ2n) is 3.68. The number of likely N-dealkylation sites (N-methyl/N-ethyl adjacent to an activating group) is 1. The van der Waals surface area contributed by atoms with Gasteiger partial charge in [-0.15, -0.1) is 0 Å². The van der Waals surface area contributed by atoms with Gasteiger partial charge in [-0.05, 0) is 0 Å². The number of hydrogen-bond donors (Lipinski definition) is 1. The first kappa shape index (κ1) is 11.1. The van der Waals surface area contributed by atoms with E-state index in [0.717, 1.165) is 13.1 Å². The normalized spacial score (nSPS) is 15.6. The summed E-state index contributed by atoms with van der Waals surface area (Å²) in [5.41, 5.74) is -0.0890. The van der Waals surface area contributed by atoms with Gasteiger partial charge in [0, 0.05) is 26.2 Å². The summed E-state index contributed by atoms with van der Waals surface area (Å²) in [7, 11) is 1.88. The molecule has 2 rings (SSSR count). The van der Waals surface area contributed by atoms with Crippen molar-refractivity contribution < 1.29 is 4.92 Å². The molecule has 1 fully saturated rings. The fourth-order valence-electron chi connectivity index (χ4n) is 1.50. The molecule has 16 heavy (non-hydrogen) atoms. The van der Waals surface area contributed by atoms with Crippen LogP contribution in [0.25, 0.3) is 0 Å². The highest BCUT2D eigenvalue weighted by Gasteiger charge is 2.24. The average molecular weight is 243 g/mol. The van der Waals surface area contributed by atoms with E-state index in [-0.39, 0.29) is 5.69 Å². The Morgan fingerprint density at radius 2 is 2.38 bits per heavy atom. The van der Waals surface area contributed by atoms with Gasteiger partial charge in [-0.25, -0.2) is 4.98 Å². The zero-order valence-corrected chi connectivity index (χ0v) is 9.44. The van der Waals surface area contributed by atoms with Gasteiger partial charge in [0.2, 0.25) is 0 Å². The van der Waals surface area contributed by atoms with Crippen molar-refractivity contribution in [1.29, 1.82) is 0 Å². The van der Waals surface area contributed by atoms with Crippen LogP contribution in [0, 0.1) is 10.1 Å². The quantitative estimate of drug-likeness (QED) is 0.634. The van der Waals surface area contributed by atoms with Crippen LogP contribution in [0.3, 0.4) is 0 Å². The second kappa shape index (κ2) is 4.23. The SMILES string of the molecule is CN(c1ncc([N+](=O)[O-])cc1Cl)C1CNC1. The molecule has 1 aliphatic heterocycles. The van der Waals surface area contributed by atoms with Gasteiger partial charge in [0.1, 0.15) is 12.0 Å². The lowest BCUT2D eigenvalue weighted by molar-refractivity contribution is -0.385. The molecule has 0 bridgehead atoms. The average Bonchev–Trinajstić information content (AvgIpc) is 2.14. The summed E-state index contributed by atoms with van der Waals surface area (Å²) >= 11 is 5.96. The Hall–Kier alpha value is -1.40. The molecule has 0 saturated carbocycles. The van der Waals surface area contributed by atoms with Crippen LogP contribution < -0.4 is 10.2 Å². The number of hydrogen-bond acceptors (Lipinski definition) is 5. The molecule has 86 valence electrons. The van der Waals surface area contributed by atoms with Gasteiger partial charge >= 0.3 is 0 Å². The van der Waals surface area contributed by atoms with Crippen LogP contribution in [-0.2, 0) is 0 Å². The third-order valence-electron chi connectivity index (χ3n) is 2.66. The van der Waals surface area contributed by atoms with Crippen molar-refractivity contribution in [3.8, 4) is 0 Å². The van der Waals surface area contributed by atoms with E-state index >= 15 is 0 Å². The Morgan fingerprint density at radius 3 is 2.81 bits per heavy atom. The first-order valence-electron chi connectivity index (χ1n) is 4.83. The zero-order valence-electron chi connectivity index (χ0n) is 8.68. The summed E-state index contributed by atoms with van der Waals surface area (Å²) in [5, 5.41) is 14.0. The van der Waals surface area contributed by atoms with E-state index in [9.17, 15) is 10.1 Å². The Labute approximate surface area is 97.4 Å². The molecule has 1 saturated heterocycles. The zero-order chi connectivity index (χ0) is 11.7. The number of anilines is 1. The van der Waals surface area contributed by atoms with Crippen LogP contribution in [0.15, 0.2) is 12.3 Å². The molecular weight excluding hydrogens is 232 g/mol. The largest absolute Gasteiger partial charge is 0.353 e. The van der Waals surface area contributed by atoms with Gasteiger partial charge in [0.15, 0.2) is 0 Å². The fraction of sp³-hybridized carbons (Fsp3) is 0.444. The van der Waals surface area contributed by atoms with Gasteiger partial charge in [-0.3, -0.25) is 10.1 Å². The topological polar surface area (TPSA) is 71.3 Å². The van der Waals surface area contributed by atoms with E-state index in [2.05, 4.69) is 10.3 Å². The van der Waals surface area contributed by atoms with Crippen molar-refractivity contribution in [2.45, 2.75) is 6.04 Å². The van der Waals surface area contributed by atoms with Crippen LogP contribution in [0.4, 0.5) is 11.5 Å². The van der Waals surface area contributed by atoms with Gasteiger partial charge < -0.3 is 10.2 Å². The number of pyridine rings is 1. The summed E-state index contributed by atoms with van der Waals surface area (Å²) in [5.74, 6) is 0.582. The maximum atomic E-state index is 10.5. The Bertz CT molecular complexity index is 422. The van der Waals surface area contributed by atoms with Crippen LogP contribution in [0.5, 0.6) is 0 Å². The van der Waals surface area contributed by atoms with Crippen LogP contribution in [0.1, 0.15) is 0 Å². The maximum absolute atomic E-state index is 10.5. The lowest BCUT2D eigenvalue weighted by Crippen LogP contribution is -2.56. The molecule has 0 atom stereocenters. The van der Waals surface area contributed by atoms with Crippen molar-refractivity contribution in [3.63, 3.8) is 0 Å². The minimum absolute atomic E-state index is 0.0890. The second-order valence-corrected chi connectivity index (χ2v) is 4.09. The van der Waals surface area contributed by atoms with Crippen LogP contribution in [0.2, 0.25) is 5.02 Å². The Balaban J connectivity index is 2.24. The molecule has 0 aliphatic carbocycles. The Morgan fingerprint density at radius 1 is 1.69 bits per heavy atom. The summed E-state index contributed by atoms with van der Waals surface area (Å²) in [4.78, 5) is 16.0. The lowest BCUT2D eigenvalue weighted by atomic mass is 10.1. The first-order valence-corrected chi connectivity index (χ1v) is 5.21. The molecule has 2 heterocycles. The van der Waals surface area contributed by atoms with Gasteiger partial charge in [-0.1, -0.05) is 11.6 Å². The predicted molar refractivity (Wildman–Crippen MR) is 61.0 cm³/mol. The minimum Gasteiger partial charge on any atom is -0.353 e. The van der Waals surface area contributed by atoms with Crippen molar-refractivity contribution in [2.24, 2.45) is 0 Å². The number of rotatable bonds is 3. The monoisotopic (exact) mass is 242 g/mol. The number of halogens is 1. The van der Waals surface area contributed by atoms with E-state index in [1.807, 2.05) is 11.9 Å². The third kappa shape index (κ3) is 1.94. The molecule has 1 aliphatic rings. The summed E-state index contributed by atoms with van der Waals surface area (Å²) in [6.07, 6.45) is 1.23. The summed E-state index contributed by atoms with van der Waals surface area (Å²) in [6, 6.07) is 1.68. The van der Waals surface area contributed by atoms with Gasteiger partial charge in [0.05, 0.1) is 16.0 Å². The van der Waals surface area contributed by atoms with E-state index in [1.165, 1.54) is 12.3 Å². The molecule has 1 aromatic rings. The Kier molecular flexibility index (Phi) is 2.93. The predicted octanol–water partition coefficient (Wildman–Crippen LogP) is 1.05. The number of aromatic nitrogens is 1. The summed E-state index contributed by atoms with van der Waals surface area (Å²) < 4.78 is 0. The van der Waals surface area contributed by atoms with Gasteiger partial charge in [0.25, 0.3) is 5.69 Å². The molecule has 1 N–H and O–H groups in total. The van der Waals surface area contributed by atoms with E-state index < -0.39 is 4.92 Å². The molecule has 0 unspecified atom stereocenters. The minimum atomic E-state index is -0.506. The highest BCUT2D eigenvalue weighted by Crippen LogP contribution is 2.27. The molecule has 0 spiro atoms. The van der Waals surface area contributed by atoms with Crippen LogP contribution >= 0.6 is 11.6 Å². The summed E-state index contributed by atoms with van der Waals surface area (Å²) in [6.45, 7) is 1.76. The molecule has 0 radical (unpaired) electrons. The van der Waals surface area contributed by atoms with Crippen molar-refractivity contribution in [3.05, 3.63) is 27.4 Å². The number of nitrogens with one attached hydrogen (secondary N) is 1. The lowest BCUT2D eigenvalue weighted by Gasteiger charge is -2.36. The highest BCUT2D eigenvalue weighted by atomic mass is 35.5. The van der Waals surface area contributed by atoms with Crippen molar-refractivity contribution in [1.82, 2.24) is 10.3 Å². The number of nitrogens with zero attached hydrogens (tertiary/aromatic N) is 3. The van der Waals surface area contributed by atoms with Crippen molar-refractivity contribution >= 4 is 23.1 Å². The van der Waals surface area contributed by atoms with E-state index in [1.54, 1.807) is 0 Å². The van der Waals surface area contributed by atoms with E-state index in [0.29, 0.717) is 16.9 Å². The van der Waals surface area contributed by atoms with Crippen LogP contribution in [-0.4, -0.2) is 36.1 Å². The smallest absolute Gasteiger partial charge is 0.289 e. The standard InChI is InChI=1S/C9H11ClN4O2/c1-13(7-3-11-4-7)9-8(10)2-6(5-12-9)14(15)16/h2,5,7,11H,3-4H2,1H3. The number of nitro groups is 1. The molecule has 1 aromatic heterocycles.